The van der Waals surface area contributed by atoms with E-state index in [0.29, 0.717) is 11.4 Å². The molecule has 1 aromatic carbocycles. The van der Waals surface area contributed by atoms with E-state index < -0.39 is 0 Å². The fraction of sp³-hybridized carbons (Fsp3) is 0.562. The van der Waals surface area contributed by atoms with Crippen LogP contribution in [0.1, 0.15) is 40.0 Å². The van der Waals surface area contributed by atoms with Gasteiger partial charge in [-0.25, -0.2) is 0 Å². The van der Waals surface area contributed by atoms with Crippen LogP contribution in [0.5, 0.6) is 5.75 Å². The zero-order chi connectivity index (χ0) is 15.0. The second-order valence-electron chi connectivity index (χ2n) is 6.11. The largest absolute Gasteiger partial charge is 0.495 e. The molecule has 0 aliphatic carbocycles. The van der Waals surface area contributed by atoms with Crippen molar-refractivity contribution in [2.75, 3.05) is 19.0 Å². The summed E-state index contributed by atoms with van der Waals surface area (Å²) >= 11 is 0. The summed E-state index contributed by atoms with van der Waals surface area (Å²) in [6.07, 6.45) is 3.45. The smallest absolute Gasteiger partial charge is 0.193 e. The number of para-hydroxylation sites is 2. The monoisotopic (exact) mass is 405 g/mol. The van der Waals surface area contributed by atoms with Crippen molar-refractivity contribution in [3.63, 3.8) is 0 Å². The minimum absolute atomic E-state index is 0. The molecule has 0 bridgehead atoms. The number of hydrogen-bond acceptors (Lipinski definition) is 2. The number of methoxy groups -OCH3 is 1. The Morgan fingerprint density at radius 2 is 1.90 bits per heavy atom. The van der Waals surface area contributed by atoms with E-state index in [0.717, 1.165) is 24.4 Å². The van der Waals surface area contributed by atoms with Crippen LogP contribution in [0.2, 0.25) is 0 Å². The maximum atomic E-state index is 5.88. The summed E-state index contributed by atoms with van der Waals surface area (Å²) in [5, 5.41) is 3.07. The van der Waals surface area contributed by atoms with Crippen molar-refractivity contribution in [3.8, 4) is 5.75 Å². The lowest BCUT2D eigenvalue weighted by atomic mass is 9.90. The summed E-state index contributed by atoms with van der Waals surface area (Å²) in [5.74, 6) is 1.20. The van der Waals surface area contributed by atoms with Gasteiger partial charge in [0.2, 0.25) is 0 Å². The highest BCUT2D eigenvalue weighted by molar-refractivity contribution is 14.0. The molecule has 0 spiro atoms. The van der Waals surface area contributed by atoms with Gasteiger partial charge in [0.1, 0.15) is 5.75 Å². The molecule has 21 heavy (non-hydrogen) atoms. The molecule has 0 aromatic heterocycles. The van der Waals surface area contributed by atoms with Crippen LogP contribution in [-0.4, -0.2) is 19.6 Å². The summed E-state index contributed by atoms with van der Waals surface area (Å²) < 4.78 is 5.25. The molecule has 3 N–H and O–H groups in total. The molecular weight excluding hydrogens is 377 g/mol. The van der Waals surface area contributed by atoms with E-state index in [1.165, 1.54) is 12.8 Å². The Labute approximate surface area is 145 Å². The van der Waals surface area contributed by atoms with Gasteiger partial charge in [0, 0.05) is 6.54 Å². The summed E-state index contributed by atoms with van der Waals surface area (Å²) in [5.41, 5.74) is 7.11. The Bertz CT molecular complexity index is 441. The highest BCUT2D eigenvalue weighted by Gasteiger charge is 2.08. The van der Waals surface area contributed by atoms with Crippen molar-refractivity contribution in [2.24, 2.45) is 16.1 Å². The number of guanidine groups is 1. The van der Waals surface area contributed by atoms with Gasteiger partial charge in [0.15, 0.2) is 5.96 Å². The minimum Gasteiger partial charge on any atom is -0.495 e. The van der Waals surface area contributed by atoms with E-state index in [1.807, 2.05) is 24.3 Å². The number of nitrogens with one attached hydrogen (secondary N) is 1. The SMILES string of the molecule is COc1ccccc1NC(N)=NCCCCC(C)(C)C.I. The maximum Gasteiger partial charge on any atom is 0.193 e. The van der Waals surface area contributed by atoms with Gasteiger partial charge in [-0.05, 0) is 30.4 Å². The molecule has 0 heterocycles. The highest BCUT2D eigenvalue weighted by atomic mass is 127. The molecule has 0 amide bonds. The van der Waals surface area contributed by atoms with Crippen molar-refractivity contribution in [2.45, 2.75) is 40.0 Å². The maximum absolute atomic E-state index is 5.88. The fourth-order valence-corrected chi connectivity index (χ4v) is 1.89. The number of aliphatic imine (C=N–C) groups is 1. The normalized spacial score (nSPS) is 11.7. The lowest BCUT2D eigenvalue weighted by Crippen LogP contribution is -2.23. The average Bonchev–Trinajstić information content (AvgIpc) is 2.37. The molecule has 5 heteroatoms. The van der Waals surface area contributed by atoms with Crippen molar-refractivity contribution in [3.05, 3.63) is 24.3 Å². The lowest BCUT2D eigenvalue weighted by Gasteiger charge is -2.17. The molecule has 1 rings (SSSR count). The van der Waals surface area contributed by atoms with Crippen LogP contribution in [-0.2, 0) is 0 Å². The predicted octanol–water partition coefficient (Wildman–Crippen LogP) is 4.26. The molecule has 0 aliphatic heterocycles. The van der Waals surface area contributed by atoms with Gasteiger partial charge < -0.3 is 15.8 Å². The molecule has 1 aromatic rings. The van der Waals surface area contributed by atoms with Crippen LogP contribution < -0.4 is 15.8 Å². The first-order valence-corrected chi connectivity index (χ1v) is 7.12. The Kier molecular flexibility index (Phi) is 9.41. The minimum atomic E-state index is 0. The molecule has 0 saturated heterocycles. The molecule has 120 valence electrons. The van der Waals surface area contributed by atoms with Crippen LogP contribution in [0.3, 0.4) is 0 Å². The van der Waals surface area contributed by atoms with Gasteiger partial charge in [0.25, 0.3) is 0 Å². The number of nitrogens with two attached hydrogens (primary N) is 1. The number of hydrogen-bond donors (Lipinski definition) is 2. The van der Waals surface area contributed by atoms with E-state index in [4.69, 9.17) is 10.5 Å². The third-order valence-corrected chi connectivity index (χ3v) is 2.99. The first-order chi connectivity index (χ1) is 9.42. The zero-order valence-corrected chi connectivity index (χ0v) is 15.8. The number of ether oxygens (including phenoxy) is 1. The quantitative estimate of drug-likeness (QED) is 0.322. The third-order valence-electron chi connectivity index (χ3n) is 2.99. The van der Waals surface area contributed by atoms with Crippen molar-refractivity contribution >= 4 is 35.6 Å². The number of benzene rings is 1. The molecular formula is C16H28IN3O. The Hall–Kier alpha value is -0.980. The molecule has 0 aliphatic rings. The highest BCUT2D eigenvalue weighted by Crippen LogP contribution is 2.23. The second-order valence-corrected chi connectivity index (χ2v) is 6.11. The van der Waals surface area contributed by atoms with Gasteiger partial charge in [-0.3, -0.25) is 4.99 Å². The van der Waals surface area contributed by atoms with Crippen molar-refractivity contribution in [1.29, 1.82) is 0 Å². The number of rotatable bonds is 6. The summed E-state index contributed by atoms with van der Waals surface area (Å²) in [4.78, 5) is 4.34. The third kappa shape index (κ3) is 8.80. The summed E-state index contributed by atoms with van der Waals surface area (Å²) in [6.45, 7) is 7.53. The van der Waals surface area contributed by atoms with Gasteiger partial charge in [-0.1, -0.05) is 39.3 Å². The van der Waals surface area contributed by atoms with Gasteiger partial charge in [0.05, 0.1) is 12.8 Å². The fourth-order valence-electron chi connectivity index (χ4n) is 1.89. The second kappa shape index (κ2) is 9.87. The molecule has 0 radical (unpaired) electrons. The topological polar surface area (TPSA) is 59.6 Å². The standard InChI is InChI=1S/C16H27N3O.HI/c1-16(2,3)11-7-8-12-18-15(17)19-13-9-5-6-10-14(13)20-4;/h5-6,9-10H,7-8,11-12H2,1-4H3,(H3,17,18,19);1H. The number of anilines is 1. The van der Waals surface area contributed by atoms with Crippen LogP contribution in [0, 0.1) is 5.41 Å². The number of unbranched alkanes of at least 4 members (excludes halogenated alkanes) is 1. The van der Waals surface area contributed by atoms with E-state index in [2.05, 4.69) is 31.1 Å². The number of nitrogens with zero attached hydrogens (tertiary/aromatic N) is 1. The Morgan fingerprint density at radius 1 is 1.24 bits per heavy atom. The first kappa shape index (κ1) is 20.0. The van der Waals surface area contributed by atoms with E-state index in [1.54, 1.807) is 7.11 Å². The molecule has 0 unspecified atom stereocenters. The zero-order valence-electron chi connectivity index (χ0n) is 13.5. The van der Waals surface area contributed by atoms with Gasteiger partial charge >= 0.3 is 0 Å². The van der Waals surface area contributed by atoms with E-state index in [-0.39, 0.29) is 24.0 Å². The van der Waals surface area contributed by atoms with Crippen molar-refractivity contribution in [1.82, 2.24) is 0 Å². The number of halogens is 1. The molecule has 0 fully saturated rings. The molecule has 0 saturated carbocycles. The van der Waals surface area contributed by atoms with Gasteiger partial charge in [-0.15, -0.1) is 24.0 Å². The van der Waals surface area contributed by atoms with Crippen LogP contribution in [0.4, 0.5) is 5.69 Å². The van der Waals surface area contributed by atoms with E-state index in [9.17, 15) is 0 Å². The van der Waals surface area contributed by atoms with Crippen molar-refractivity contribution < 1.29 is 4.74 Å². The predicted molar refractivity (Wildman–Crippen MR) is 102 cm³/mol. The van der Waals surface area contributed by atoms with E-state index >= 15 is 0 Å². The first-order valence-electron chi connectivity index (χ1n) is 7.12. The summed E-state index contributed by atoms with van der Waals surface area (Å²) in [6, 6.07) is 7.66. The lowest BCUT2D eigenvalue weighted by molar-refractivity contribution is 0.361. The van der Waals surface area contributed by atoms with Crippen LogP contribution in [0.15, 0.2) is 29.3 Å². The Balaban J connectivity index is 0.00000400. The summed E-state index contributed by atoms with van der Waals surface area (Å²) in [7, 11) is 1.64. The Morgan fingerprint density at radius 3 is 2.52 bits per heavy atom. The van der Waals surface area contributed by atoms with Crippen LogP contribution >= 0.6 is 24.0 Å². The van der Waals surface area contributed by atoms with Crippen LogP contribution in [0.25, 0.3) is 0 Å². The van der Waals surface area contributed by atoms with Gasteiger partial charge in [-0.2, -0.15) is 0 Å². The molecule has 4 nitrogen and oxygen atoms in total. The average molecular weight is 405 g/mol. The molecule has 0 atom stereocenters.